The highest BCUT2D eigenvalue weighted by atomic mass is 35.5. The summed E-state index contributed by atoms with van der Waals surface area (Å²) in [6.07, 6.45) is 3.68. The van der Waals surface area contributed by atoms with Gasteiger partial charge in [-0.25, -0.2) is 4.98 Å². The van der Waals surface area contributed by atoms with Crippen LogP contribution in [0.2, 0.25) is 15.2 Å². The third-order valence-electron chi connectivity index (χ3n) is 3.71. The van der Waals surface area contributed by atoms with E-state index in [0.29, 0.717) is 16.3 Å². The lowest BCUT2D eigenvalue weighted by Crippen LogP contribution is -2.21. The predicted octanol–water partition coefficient (Wildman–Crippen LogP) is 4.89. The fraction of sp³-hybridized carbons (Fsp3) is 0.250. The summed E-state index contributed by atoms with van der Waals surface area (Å²) in [7, 11) is 0. The monoisotopic (exact) mass is 369 g/mol. The van der Waals surface area contributed by atoms with Gasteiger partial charge in [-0.3, -0.25) is 4.79 Å². The Labute approximate surface area is 149 Å². The van der Waals surface area contributed by atoms with E-state index >= 15 is 0 Å². The van der Waals surface area contributed by atoms with Crippen LogP contribution < -0.4 is 10.2 Å². The van der Waals surface area contributed by atoms with Gasteiger partial charge in [0.1, 0.15) is 5.15 Å². The van der Waals surface area contributed by atoms with Crippen molar-refractivity contribution in [1.82, 2.24) is 4.98 Å². The van der Waals surface area contributed by atoms with Gasteiger partial charge in [0, 0.05) is 24.3 Å². The van der Waals surface area contributed by atoms with Gasteiger partial charge in [-0.1, -0.05) is 34.8 Å². The van der Waals surface area contributed by atoms with Crippen molar-refractivity contribution < 1.29 is 4.79 Å². The molecular weight excluding hydrogens is 357 g/mol. The number of nitrogens with one attached hydrogen (secondary N) is 1. The highest BCUT2D eigenvalue weighted by Crippen LogP contribution is 2.32. The van der Waals surface area contributed by atoms with Crippen LogP contribution in [-0.4, -0.2) is 24.0 Å². The minimum absolute atomic E-state index is 0.170. The number of nitrogens with zero attached hydrogens (tertiary/aromatic N) is 2. The minimum atomic E-state index is -0.307. The van der Waals surface area contributed by atoms with Gasteiger partial charge in [0.05, 0.1) is 22.0 Å². The molecule has 1 N–H and O–H groups in total. The summed E-state index contributed by atoms with van der Waals surface area (Å²) in [5.74, 6) is -0.307. The molecule has 0 bridgehead atoms. The van der Waals surface area contributed by atoms with Crippen LogP contribution in [0.5, 0.6) is 0 Å². The number of aromatic nitrogens is 1. The van der Waals surface area contributed by atoms with Crippen molar-refractivity contribution in [2.45, 2.75) is 12.8 Å². The summed E-state index contributed by atoms with van der Waals surface area (Å²) in [4.78, 5) is 18.6. The first kappa shape index (κ1) is 16.4. The van der Waals surface area contributed by atoms with E-state index in [0.717, 1.165) is 31.6 Å². The molecular formula is C16H14Cl3N3O. The van der Waals surface area contributed by atoms with E-state index in [1.54, 1.807) is 6.07 Å². The molecule has 1 aliphatic heterocycles. The number of benzene rings is 1. The van der Waals surface area contributed by atoms with E-state index in [4.69, 9.17) is 34.8 Å². The Hall–Kier alpha value is -1.49. The standard InChI is InChI=1S/C16H14Cl3N3O/c17-11-3-4-14(22-5-1-2-6-22)13(8-11)21-16(23)10-7-12(18)15(19)20-9-10/h3-4,7-9H,1-2,5-6H2,(H,21,23). The van der Waals surface area contributed by atoms with Crippen LogP contribution in [0.25, 0.3) is 0 Å². The zero-order chi connectivity index (χ0) is 16.4. The third-order valence-corrected chi connectivity index (χ3v) is 4.63. The molecule has 0 atom stereocenters. The van der Waals surface area contributed by atoms with Gasteiger partial charge < -0.3 is 10.2 Å². The third kappa shape index (κ3) is 3.71. The number of anilines is 2. The van der Waals surface area contributed by atoms with Crippen LogP contribution >= 0.6 is 34.8 Å². The van der Waals surface area contributed by atoms with E-state index in [9.17, 15) is 4.79 Å². The Morgan fingerprint density at radius 1 is 1.13 bits per heavy atom. The van der Waals surface area contributed by atoms with Gasteiger partial charge >= 0.3 is 0 Å². The topological polar surface area (TPSA) is 45.2 Å². The zero-order valence-electron chi connectivity index (χ0n) is 12.2. The van der Waals surface area contributed by atoms with E-state index in [-0.39, 0.29) is 16.1 Å². The molecule has 0 aliphatic carbocycles. The van der Waals surface area contributed by atoms with Crippen LogP contribution in [0.4, 0.5) is 11.4 Å². The van der Waals surface area contributed by atoms with Crippen LogP contribution in [0, 0.1) is 0 Å². The fourth-order valence-corrected chi connectivity index (χ4v) is 3.02. The molecule has 1 saturated heterocycles. The molecule has 2 aromatic rings. The van der Waals surface area contributed by atoms with Gasteiger partial charge in [0.25, 0.3) is 5.91 Å². The summed E-state index contributed by atoms with van der Waals surface area (Å²) in [5.41, 5.74) is 1.98. The molecule has 23 heavy (non-hydrogen) atoms. The molecule has 1 amide bonds. The first-order valence-corrected chi connectivity index (χ1v) is 8.35. The summed E-state index contributed by atoms with van der Waals surface area (Å²) in [6.45, 7) is 1.94. The van der Waals surface area contributed by atoms with Crippen molar-refractivity contribution in [1.29, 1.82) is 0 Å². The molecule has 3 rings (SSSR count). The SMILES string of the molecule is O=C(Nc1cc(Cl)ccc1N1CCCC1)c1cnc(Cl)c(Cl)c1. The molecule has 1 aromatic carbocycles. The molecule has 0 saturated carbocycles. The quantitative estimate of drug-likeness (QED) is 0.782. The second-order valence-electron chi connectivity index (χ2n) is 5.31. The average molecular weight is 371 g/mol. The van der Waals surface area contributed by atoms with E-state index in [1.807, 2.05) is 12.1 Å². The molecule has 120 valence electrons. The number of carbonyl (C=O) groups is 1. The average Bonchev–Trinajstić information content (AvgIpc) is 3.04. The molecule has 4 nitrogen and oxygen atoms in total. The first-order valence-electron chi connectivity index (χ1n) is 7.21. The Balaban J connectivity index is 1.87. The molecule has 1 fully saturated rings. The lowest BCUT2D eigenvalue weighted by atomic mass is 10.2. The largest absolute Gasteiger partial charge is 0.370 e. The van der Waals surface area contributed by atoms with Gasteiger partial charge in [-0.15, -0.1) is 0 Å². The predicted molar refractivity (Wildman–Crippen MR) is 95.1 cm³/mol. The smallest absolute Gasteiger partial charge is 0.257 e. The summed E-state index contributed by atoms with van der Waals surface area (Å²) in [6, 6.07) is 6.99. The molecule has 7 heteroatoms. The number of carbonyl (C=O) groups excluding carboxylic acids is 1. The Morgan fingerprint density at radius 3 is 2.57 bits per heavy atom. The van der Waals surface area contributed by atoms with Gasteiger partial charge in [0.2, 0.25) is 0 Å². The summed E-state index contributed by atoms with van der Waals surface area (Å²) < 4.78 is 0. The minimum Gasteiger partial charge on any atom is -0.370 e. The second-order valence-corrected chi connectivity index (χ2v) is 6.51. The van der Waals surface area contributed by atoms with Crippen LogP contribution in [0.1, 0.15) is 23.2 Å². The van der Waals surface area contributed by atoms with Crippen molar-refractivity contribution in [2.75, 3.05) is 23.3 Å². The summed E-state index contributed by atoms with van der Waals surface area (Å²) in [5, 5.41) is 3.86. The number of hydrogen-bond acceptors (Lipinski definition) is 3. The van der Waals surface area contributed by atoms with Crippen LogP contribution in [0.15, 0.2) is 30.5 Å². The molecule has 0 spiro atoms. The zero-order valence-corrected chi connectivity index (χ0v) is 14.4. The lowest BCUT2D eigenvalue weighted by Gasteiger charge is -2.22. The maximum atomic E-state index is 12.4. The molecule has 1 aliphatic rings. The molecule has 2 heterocycles. The summed E-state index contributed by atoms with van der Waals surface area (Å²) >= 11 is 17.8. The fourth-order valence-electron chi connectivity index (χ4n) is 2.58. The lowest BCUT2D eigenvalue weighted by molar-refractivity contribution is 0.102. The number of pyridine rings is 1. The maximum absolute atomic E-state index is 12.4. The van der Waals surface area contributed by atoms with Crippen molar-refractivity contribution in [3.63, 3.8) is 0 Å². The number of amides is 1. The van der Waals surface area contributed by atoms with Crippen LogP contribution in [-0.2, 0) is 0 Å². The molecule has 0 radical (unpaired) electrons. The van der Waals surface area contributed by atoms with Crippen molar-refractivity contribution >= 4 is 52.1 Å². The molecule has 1 aromatic heterocycles. The van der Waals surface area contributed by atoms with Gasteiger partial charge in [-0.05, 0) is 37.1 Å². The van der Waals surface area contributed by atoms with Crippen LogP contribution in [0.3, 0.4) is 0 Å². The molecule has 0 unspecified atom stereocenters. The first-order chi connectivity index (χ1) is 11.0. The van der Waals surface area contributed by atoms with Crippen molar-refractivity contribution in [2.24, 2.45) is 0 Å². The van der Waals surface area contributed by atoms with E-state index in [1.165, 1.54) is 12.3 Å². The van der Waals surface area contributed by atoms with Gasteiger partial charge in [0.15, 0.2) is 0 Å². The Bertz CT molecular complexity index is 745. The number of hydrogen-bond donors (Lipinski definition) is 1. The second kappa shape index (κ2) is 6.95. The van der Waals surface area contributed by atoms with Crippen molar-refractivity contribution in [3.8, 4) is 0 Å². The van der Waals surface area contributed by atoms with Crippen molar-refractivity contribution in [3.05, 3.63) is 51.2 Å². The normalized spacial score (nSPS) is 14.1. The Morgan fingerprint density at radius 2 is 1.87 bits per heavy atom. The van der Waals surface area contributed by atoms with E-state index < -0.39 is 0 Å². The highest BCUT2D eigenvalue weighted by molar-refractivity contribution is 6.41. The van der Waals surface area contributed by atoms with E-state index in [2.05, 4.69) is 15.2 Å². The van der Waals surface area contributed by atoms with Gasteiger partial charge in [-0.2, -0.15) is 0 Å². The number of halogens is 3. The highest BCUT2D eigenvalue weighted by Gasteiger charge is 2.18. The maximum Gasteiger partial charge on any atom is 0.257 e. The Kier molecular flexibility index (Phi) is 4.95. The number of rotatable bonds is 3.